The van der Waals surface area contributed by atoms with Crippen molar-refractivity contribution in [2.75, 3.05) is 0 Å². The highest BCUT2D eigenvalue weighted by Gasteiger charge is 2.14. The minimum atomic E-state index is -0.899. The lowest BCUT2D eigenvalue weighted by Gasteiger charge is -2.05. The number of carboxylic acid groups (broad SMARTS) is 1. The number of benzene rings is 1. The molecule has 1 aromatic carbocycles. The fourth-order valence-corrected chi connectivity index (χ4v) is 1.68. The van der Waals surface area contributed by atoms with Crippen LogP contribution in [0.25, 0.3) is 11.4 Å². The Morgan fingerprint density at radius 2 is 2.33 bits per heavy atom. The normalized spacial score (nSPS) is 12.3. The Bertz CT molecular complexity index is 570. The van der Waals surface area contributed by atoms with Gasteiger partial charge in [-0.3, -0.25) is 4.79 Å². The van der Waals surface area contributed by atoms with Gasteiger partial charge in [0.05, 0.1) is 12.5 Å². The first kappa shape index (κ1) is 12.5. The van der Waals surface area contributed by atoms with E-state index in [0.717, 1.165) is 5.56 Å². The molecule has 2 rings (SSSR count). The van der Waals surface area contributed by atoms with Gasteiger partial charge in [0.2, 0.25) is 5.82 Å². The van der Waals surface area contributed by atoms with Crippen LogP contribution in [0.5, 0.6) is 0 Å². The second kappa shape index (κ2) is 5.14. The van der Waals surface area contributed by atoms with Crippen LogP contribution in [0.2, 0.25) is 5.02 Å². The van der Waals surface area contributed by atoms with Gasteiger partial charge in [0.15, 0.2) is 0 Å². The summed E-state index contributed by atoms with van der Waals surface area (Å²) >= 11 is 5.87. The van der Waals surface area contributed by atoms with Gasteiger partial charge in [0.1, 0.15) is 0 Å². The van der Waals surface area contributed by atoms with Crippen LogP contribution in [0.1, 0.15) is 19.4 Å². The summed E-state index contributed by atoms with van der Waals surface area (Å²) in [5.41, 5.74) is 0.747. The van der Waals surface area contributed by atoms with Gasteiger partial charge in [-0.05, 0) is 24.3 Å². The zero-order chi connectivity index (χ0) is 13.1. The third-order valence-electron chi connectivity index (χ3n) is 2.38. The molecule has 1 unspecified atom stereocenters. The van der Waals surface area contributed by atoms with Crippen LogP contribution in [0.15, 0.2) is 24.3 Å². The molecule has 94 valence electrons. The average molecular weight is 267 g/mol. The van der Waals surface area contributed by atoms with Crippen LogP contribution in [-0.4, -0.2) is 31.3 Å². The molecule has 0 aliphatic rings. The van der Waals surface area contributed by atoms with Crippen molar-refractivity contribution in [3.8, 4) is 11.4 Å². The molecule has 0 spiro atoms. The summed E-state index contributed by atoms with van der Waals surface area (Å²) in [6.45, 7) is 1.72. The van der Waals surface area contributed by atoms with E-state index in [2.05, 4.69) is 15.4 Å². The highest BCUT2D eigenvalue weighted by Crippen LogP contribution is 2.19. The number of halogens is 1. The Morgan fingerprint density at radius 3 is 3.00 bits per heavy atom. The maximum absolute atomic E-state index is 10.6. The third-order valence-corrected chi connectivity index (χ3v) is 2.61. The number of tetrazole rings is 1. The summed E-state index contributed by atoms with van der Waals surface area (Å²) < 4.78 is 0. The van der Waals surface area contributed by atoms with Crippen molar-refractivity contribution in [3.63, 3.8) is 0 Å². The Kier molecular flexibility index (Phi) is 3.57. The van der Waals surface area contributed by atoms with Gasteiger partial charge < -0.3 is 5.11 Å². The van der Waals surface area contributed by atoms with Crippen LogP contribution in [0.3, 0.4) is 0 Å². The molecule has 1 N–H and O–H groups in total. The van der Waals surface area contributed by atoms with E-state index >= 15 is 0 Å². The van der Waals surface area contributed by atoms with E-state index < -0.39 is 5.97 Å². The minimum Gasteiger partial charge on any atom is -0.481 e. The summed E-state index contributed by atoms with van der Waals surface area (Å²) in [4.78, 5) is 11.9. The summed E-state index contributed by atoms with van der Waals surface area (Å²) in [6, 6.07) is 6.74. The molecule has 1 atom stereocenters. The van der Waals surface area contributed by atoms with Gasteiger partial charge in [-0.25, -0.2) is 0 Å². The largest absolute Gasteiger partial charge is 0.481 e. The number of aromatic nitrogens is 4. The molecule has 1 heterocycles. The zero-order valence-corrected chi connectivity index (χ0v) is 10.4. The molecule has 0 fully saturated rings. The van der Waals surface area contributed by atoms with Gasteiger partial charge in [-0.2, -0.15) is 4.80 Å². The maximum atomic E-state index is 10.6. The Labute approximate surface area is 108 Å². The summed E-state index contributed by atoms with van der Waals surface area (Å²) in [7, 11) is 0. The van der Waals surface area contributed by atoms with Crippen molar-refractivity contribution < 1.29 is 9.90 Å². The van der Waals surface area contributed by atoms with Crippen LogP contribution in [0.4, 0.5) is 0 Å². The Balaban J connectivity index is 2.22. The lowest BCUT2D eigenvalue weighted by atomic mass is 10.2. The van der Waals surface area contributed by atoms with Gasteiger partial charge in [0.25, 0.3) is 0 Å². The molecule has 0 bridgehead atoms. The van der Waals surface area contributed by atoms with Gasteiger partial charge in [-0.1, -0.05) is 23.7 Å². The highest BCUT2D eigenvalue weighted by atomic mass is 35.5. The summed E-state index contributed by atoms with van der Waals surface area (Å²) in [5.74, 6) is -0.473. The number of aliphatic carboxylic acids is 1. The van der Waals surface area contributed by atoms with E-state index in [1.165, 1.54) is 4.80 Å². The first-order chi connectivity index (χ1) is 8.56. The van der Waals surface area contributed by atoms with Crippen molar-refractivity contribution in [1.29, 1.82) is 0 Å². The molecule has 0 saturated carbocycles. The van der Waals surface area contributed by atoms with Crippen molar-refractivity contribution >= 4 is 17.6 Å². The molecule has 6 nitrogen and oxygen atoms in total. The number of nitrogens with zero attached hydrogens (tertiary/aromatic N) is 4. The smallest absolute Gasteiger partial charge is 0.305 e. The number of carboxylic acids is 1. The summed E-state index contributed by atoms with van der Waals surface area (Å²) in [5, 5.41) is 21.2. The molecule has 0 amide bonds. The van der Waals surface area contributed by atoms with Crippen LogP contribution < -0.4 is 0 Å². The monoisotopic (exact) mass is 266 g/mol. The number of hydrogen-bond donors (Lipinski definition) is 1. The second-order valence-corrected chi connectivity index (χ2v) is 4.33. The second-order valence-electron chi connectivity index (χ2n) is 3.89. The molecule has 0 aliphatic carbocycles. The molecule has 0 radical (unpaired) electrons. The lowest BCUT2D eigenvalue weighted by molar-refractivity contribution is -0.137. The lowest BCUT2D eigenvalue weighted by Crippen LogP contribution is -2.13. The Hall–Kier alpha value is -1.95. The fraction of sp³-hybridized carbons (Fsp3) is 0.273. The standard InChI is InChI=1S/C11H11ClN4O2/c1-7(5-10(17)18)16-14-11(13-15-16)8-3-2-4-9(12)6-8/h2-4,6-7H,5H2,1H3,(H,17,18). The molecule has 2 aromatic rings. The predicted molar refractivity (Wildman–Crippen MR) is 65.2 cm³/mol. The molecule has 18 heavy (non-hydrogen) atoms. The zero-order valence-electron chi connectivity index (χ0n) is 9.62. The highest BCUT2D eigenvalue weighted by molar-refractivity contribution is 6.30. The van der Waals surface area contributed by atoms with Crippen molar-refractivity contribution in [2.45, 2.75) is 19.4 Å². The molecular formula is C11H11ClN4O2. The average Bonchev–Trinajstić information content (AvgIpc) is 2.77. The topological polar surface area (TPSA) is 80.9 Å². The molecule has 0 saturated heterocycles. The van der Waals surface area contributed by atoms with E-state index in [1.807, 2.05) is 6.07 Å². The van der Waals surface area contributed by atoms with Crippen LogP contribution >= 0.6 is 11.6 Å². The fourth-order valence-electron chi connectivity index (χ4n) is 1.49. The number of rotatable bonds is 4. The van der Waals surface area contributed by atoms with Crippen LogP contribution in [0, 0.1) is 0 Å². The molecule has 0 aliphatic heterocycles. The van der Waals surface area contributed by atoms with Gasteiger partial charge in [0, 0.05) is 10.6 Å². The quantitative estimate of drug-likeness (QED) is 0.916. The molecule has 1 aromatic heterocycles. The first-order valence-corrected chi connectivity index (χ1v) is 5.71. The van der Waals surface area contributed by atoms with Crippen molar-refractivity contribution in [1.82, 2.24) is 20.2 Å². The first-order valence-electron chi connectivity index (χ1n) is 5.33. The van der Waals surface area contributed by atoms with Gasteiger partial charge >= 0.3 is 5.97 Å². The van der Waals surface area contributed by atoms with Crippen LogP contribution in [-0.2, 0) is 4.79 Å². The van der Waals surface area contributed by atoms with Crippen molar-refractivity contribution in [2.24, 2.45) is 0 Å². The number of carbonyl (C=O) groups is 1. The Morgan fingerprint density at radius 1 is 1.56 bits per heavy atom. The van der Waals surface area contributed by atoms with E-state index in [-0.39, 0.29) is 12.5 Å². The van der Waals surface area contributed by atoms with E-state index in [0.29, 0.717) is 10.8 Å². The summed E-state index contributed by atoms with van der Waals surface area (Å²) in [6.07, 6.45) is -0.0503. The maximum Gasteiger partial charge on any atom is 0.305 e. The van der Waals surface area contributed by atoms with Gasteiger partial charge in [-0.15, -0.1) is 10.2 Å². The SMILES string of the molecule is CC(CC(=O)O)n1nnc(-c2cccc(Cl)c2)n1. The molecular weight excluding hydrogens is 256 g/mol. The third kappa shape index (κ3) is 2.84. The van der Waals surface area contributed by atoms with E-state index in [1.54, 1.807) is 25.1 Å². The van der Waals surface area contributed by atoms with E-state index in [9.17, 15) is 4.79 Å². The molecule has 7 heteroatoms. The number of hydrogen-bond acceptors (Lipinski definition) is 4. The van der Waals surface area contributed by atoms with Crippen molar-refractivity contribution in [3.05, 3.63) is 29.3 Å². The van der Waals surface area contributed by atoms with E-state index in [4.69, 9.17) is 16.7 Å². The minimum absolute atomic E-state index is 0.0503. The predicted octanol–water partition coefficient (Wildman–Crippen LogP) is 2.03.